The van der Waals surface area contributed by atoms with E-state index in [2.05, 4.69) is 25.8 Å². The van der Waals surface area contributed by atoms with Gasteiger partial charge in [0.2, 0.25) is 5.95 Å². The average molecular weight is 390 g/mol. The molecule has 0 aliphatic carbocycles. The SMILES string of the molecule is COc1cc(Nc2nncc(NCc3ccc(F)cc3)n2)c(OC)cc1Cl. The van der Waals surface area contributed by atoms with Crippen LogP contribution >= 0.6 is 11.6 Å². The van der Waals surface area contributed by atoms with Crippen LogP contribution in [0.5, 0.6) is 11.5 Å². The number of halogens is 2. The van der Waals surface area contributed by atoms with Crippen molar-refractivity contribution in [2.24, 2.45) is 0 Å². The van der Waals surface area contributed by atoms with E-state index in [-0.39, 0.29) is 11.8 Å². The number of nitrogens with zero attached hydrogens (tertiary/aromatic N) is 3. The van der Waals surface area contributed by atoms with Crippen LogP contribution in [0.3, 0.4) is 0 Å². The van der Waals surface area contributed by atoms with Crippen molar-refractivity contribution in [3.63, 3.8) is 0 Å². The highest BCUT2D eigenvalue weighted by atomic mass is 35.5. The van der Waals surface area contributed by atoms with Gasteiger partial charge >= 0.3 is 0 Å². The van der Waals surface area contributed by atoms with Crippen molar-refractivity contribution in [3.8, 4) is 11.5 Å². The highest BCUT2D eigenvalue weighted by Gasteiger charge is 2.12. The summed E-state index contributed by atoms with van der Waals surface area (Å²) in [5.41, 5.74) is 1.49. The molecule has 27 heavy (non-hydrogen) atoms. The summed E-state index contributed by atoms with van der Waals surface area (Å²) in [5.74, 6) is 1.49. The average Bonchev–Trinajstić information content (AvgIpc) is 2.69. The second kappa shape index (κ2) is 8.50. The van der Waals surface area contributed by atoms with Crippen molar-refractivity contribution < 1.29 is 13.9 Å². The summed E-state index contributed by atoms with van der Waals surface area (Å²) < 4.78 is 23.5. The molecule has 0 amide bonds. The molecule has 0 radical (unpaired) electrons. The van der Waals surface area contributed by atoms with Gasteiger partial charge in [-0.1, -0.05) is 23.7 Å². The van der Waals surface area contributed by atoms with E-state index in [0.29, 0.717) is 34.6 Å². The Kier molecular flexibility index (Phi) is 5.87. The van der Waals surface area contributed by atoms with Gasteiger partial charge in [0.05, 0.1) is 31.1 Å². The maximum absolute atomic E-state index is 13.0. The molecule has 0 atom stereocenters. The van der Waals surface area contributed by atoms with E-state index in [9.17, 15) is 4.39 Å². The van der Waals surface area contributed by atoms with Crippen LogP contribution in [-0.2, 0) is 6.54 Å². The number of ether oxygens (including phenoxy) is 2. The maximum Gasteiger partial charge on any atom is 0.249 e. The predicted octanol–water partition coefficient (Wildman–Crippen LogP) is 4.04. The quantitative estimate of drug-likeness (QED) is 0.631. The van der Waals surface area contributed by atoms with Gasteiger partial charge in [0.15, 0.2) is 5.82 Å². The standard InChI is InChI=1S/C18H17ClFN5O2/c1-26-15-8-14(16(27-2)7-13(15)19)23-18-24-17(10-22-25-18)21-9-11-3-5-12(20)6-4-11/h3-8,10H,9H2,1-2H3,(H2,21,23,24,25). The summed E-state index contributed by atoms with van der Waals surface area (Å²) in [4.78, 5) is 4.35. The van der Waals surface area contributed by atoms with Crippen LogP contribution in [0.25, 0.3) is 0 Å². The Morgan fingerprint density at radius 1 is 1.07 bits per heavy atom. The Balaban J connectivity index is 1.75. The molecule has 3 aromatic rings. The summed E-state index contributed by atoms with van der Waals surface area (Å²) in [6.45, 7) is 0.469. The van der Waals surface area contributed by atoms with Crippen molar-refractivity contribution in [2.45, 2.75) is 6.54 Å². The third kappa shape index (κ3) is 4.73. The maximum atomic E-state index is 13.0. The lowest BCUT2D eigenvalue weighted by Gasteiger charge is -2.13. The zero-order valence-electron chi connectivity index (χ0n) is 14.7. The number of rotatable bonds is 7. The number of hydrogen-bond donors (Lipinski definition) is 2. The molecule has 0 fully saturated rings. The molecule has 1 aromatic heterocycles. The number of benzene rings is 2. The van der Waals surface area contributed by atoms with Crippen molar-refractivity contribution >= 4 is 29.1 Å². The van der Waals surface area contributed by atoms with E-state index in [1.165, 1.54) is 32.5 Å². The smallest absolute Gasteiger partial charge is 0.249 e. The molecule has 3 rings (SSSR count). The van der Waals surface area contributed by atoms with Crippen molar-refractivity contribution in [3.05, 3.63) is 59.0 Å². The highest BCUT2D eigenvalue weighted by molar-refractivity contribution is 6.32. The topological polar surface area (TPSA) is 81.2 Å². The lowest BCUT2D eigenvalue weighted by Crippen LogP contribution is -2.06. The molecule has 0 unspecified atom stereocenters. The number of anilines is 3. The van der Waals surface area contributed by atoms with Crippen LogP contribution < -0.4 is 20.1 Å². The van der Waals surface area contributed by atoms with Gasteiger partial charge in [0, 0.05) is 18.7 Å². The first-order valence-corrected chi connectivity index (χ1v) is 8.33. The first kappa shape index (κ1) is 18.7. The summed E-state index contributed by atoms with van der Waals surface area (Å²) in [7, 11) is 3.05. The number of nitrogens with one attached hydrogen (secondary N) is 2. The molecule has 140 valence electrons. The first-order valence-electron chi connectivity index (χ1n) is 7.95. The molecule has 0 spiro atoms. The summed E-state index contributed by atoms with van der Waals surface area (Å²) in [6.07, 6.45) is 1.49. The second-order valence-corrected chi connectivity index (χ2v) is 5.86. The monoisotopic (exact) mass is 389 g/mol. The molecule has 0 aliphatic heterocycles. The Bertz CT molecular complexity index is 924. The van der Waals surface area contributed by atoms with Gasteiger partial charge < -0.3 is 20.1 Å². The lowest BCUT2D eigenvalue weighted by atomic mass is 10.2. The molecule has 1 heterocycles. The van der Waals surface area contributed by atoms with E-state index >= 15 is 0 Å². The minimum Gasteiger partial charge on any atom is -0.495 e. The summed E-state index contributed by atoms with van der Waals surface area (Å²) in [6, 6.07) is 9.52. The third-order valence-corrected chi connectivity index (χ3v) is 3.96. The Morgan fingerprint density at radius 3 is 2.52 bits per heavy atom. The molecule has 0 bridgehead atoms. The Hall–Kier alpha value is -3.13. The fourth-order valence-electron chi connectivity index (χ4n) is 2.32. The van der Waals surface area contributed by atoms with Gasteiger partial charge in [-0.25, -0.2) is 4.39 Å². The van der Waals surface area contributed by atoms with Crippen LogP contribution in [0.15, 0.2) is 42.6 Å². The Morgan fingerprint density at radius 2 is 1.81 bits per heavy atom. The summed E-state index contributed by atoms with van der Waals surface area (Å²) >= 11 is 6.11. The van der Waals surface area contributed by atoms with E-state index in [1.807, 2.05) is 0 Å². The molecular weight excluding hydrogens is 373 g/mol. The van der Waals surface area contributed by atoms with Gasteiger partial charge in [-0.2, -0.15) is 10.1 Å². The van der Waals surface area contributed by atoms with E-state index in [4.69, 9.17) is 21.1 Å². The lowest BCUT2D eigenvalue weighted by molar-refractivity contribution is 0.405. The van der Waals surface area contributed by atoms with E-state index in [0.717, 1.165) is 5.56 Å². The zero-order valence-corrected chi connectivity index (χ0v) is 15.4. The van der Waals surface area contributed by atoms with Gasteiger partial charge in [-0.3, -0.25) is 0 Å². The second-order valence-electron chi connectivity index (χ2n) is 5.46. The number of aromatic nitrogens is 3. The minimum absolute atomic E-state index is 0.266. The predicted molar refractivity (Wildman–Crippen MR) is 101 cm³/mol. The number of methoxy groups -OCH3 is 2. The van der Waals surface area contributed by atoms with Gasteiger partial charge in [0.25, 0.3) is 0 Å². The Labute approximate surface area is 160 Å². The van der Waals surface area contributed by atoms with Crippen molar-refractivity contribution in [1.29, 1.82) is 0 Å². The van der Waals surface area contributed by atoms with Crippen molar-refractivity contribution in [1.82, 2.24) is 15.2 Å². The van der Waals surface area contributed by atoms with Crippen LogP contribution in [0.1, 0.15) is 5.56 Å². The molecule has 9 heteroatoms. The van der Waals surface area contributed by atoms with Crippen molar-refractivity contribution in [2.75, 3.05) is 24.9 Å². The van der Waals surface area contributed by atoms with Gasteiger partial charge in [-0.05, 0) is 17.7 Å². The first-order chi connectivity index (χ1) is 13.1. The molecule has 0 saturated heterocycles. The highest BCUT2D eigenvalue weighted by Crippen LogP contribution is 2.36. The fourth-order valence-corrected chi connectivity index (χ4v) is 2.55. The molecule has 0 saturated carbocycles. The van der Waals surface area contributed by atoms with Crippen LogP contribution in [0.4, 0.5) is 21.8 Å². The van der Waals surface area contributed by atoms with Crippen LogP contribution in [-0.4, -0.2) is 29.4 Å². The largest absolute Gasteiger partial charge is 0.495 e. The molecule has 2 aromatic carbocycles. The molecular formula is C18H17ClFN5O2. The van der Waals surface area contributed by atoms with E-state index in [1.54, 1.807) is 24.3 Å². The molecule has 0 aliphatic rings. The zero-order chi connectivity index (χ0) is 19.2. The molecule has 7 nitrogen and oxygen atoms in total. The fraction of sp³-hybridized carbons (Fsp3) is 0.167. The van der Waals surface area contributed by atoms with Crippen LogP contribution in [0.2, 0.25) is 5.02 Å². The normalized spacial score (nSPS) is 10.4. The van der Waals surface area contributed by atoms with Gasteiger partial charge in [0.1, 0.15) is 17.3 Å². The minimum atomic E-state index is -0.277. The van der Waals surface area contributed by atoms with Gasteiger partial charge in [-0.15, -0.1) is 5.10 Å². The molecule has 2 N–H and O–H groups in total. The summed E-state index contributed by atoms with van der Waals surface area (Å²) in [5, 5.41) is 14.5. The number of hydrogen-bond acceptors (Lipinski definition) is 7. The van der Waals surface area contributed by atoms with Crippen LogP contribution in [0, 0.1) is 5.82 Å². The third-order valence-electron chi connectivity index (χ3n) is 3.67. The van der Waals surface area contributed by atoms with E-state index < -0.39 is 0 Å².